The van der Waals surface area contributed by atoms with Crippen molar-refractivity contribution in [1.29, 1.82) is 0 Å². The van der Waals surface area contributed by atoms with E-state index in [0.29, 0.717) is 0 Å². The number of methoxy groups -OCH3 is 1. The van der Waals surface area contributed by atoms with E-state index in [0.717, 1.165) is 13.2 Å². The Morgan fingerprint density at radius 1 is 1.19 bits per heavy atom. The molecule has 0 aliphatic heterocycles. The van der Waals surface area contributed by atoms with Crippen molar-refractivity contribution in [2.24, 2.45) is 0 Å². The highest BCUT2D eigenvalue weighted by molar-refractivity contribution is 5.89. The lowest BCUT2D eigenvalue weighted by Crippen LogP contribution is -2.32. The number of nitrogens with one attached hydrogen (secondary N) is 1. The fourth-order valence-corrected chi connectivity index (χ4v) is 1.48. The van der Waals surface area contributed by atoms with Crippen molar-refractivity contribution in [3.8, 4) is 0 Å². The van der Waals surface area contributed by atoms with Crippen LogP contribution in [0.2, 0.25) is 0 Å². The molecule has 0 aliphatic rings. The number of esters is 1. The van der Waals surface area contributed by atoms with E-state index in [1.807, 2.05) is 0 Å². The van der Waals surface area contributed by atoms with Crippen LogP contribution < -0.4 is 5.32 Å². The molecule has 0 spiro atoms. The summed E-state index contributed by atoms with van der Waals surface area (Å²) in [6.45, 7) is 4.77. The molecule has 1 aromatic carbocycles. The van der Waals surface area contributed by atoms with Gasteiger partial charge in [0, 0.05) is 12.1 Å². The minimum absolute atomic E-state index is 0.106. The standard InChI is InChI=1S/C14H17F2NO4/c1-14(2,3)21-13(19)17-7-8-5-6-9(12(18)20-4)11(16)10(8)15/h5-6H,7H2,1-4H3,(H,17,19). The number of ether oxygens (including phenoxy) is 2. The molecule has 0 aliphatic carbocycles. The topological polar surface area (TPSA) is 64.6 Å². The maximum Gasteiger partial charge on any atom is 0.407 e. The Kier molecular flexibility index (Phi) is 5.23. The molecule has 0 saturated heterocycles. The molecule has 0 fully saturated rings. The van der Waals surface area contributed by atoms with Crippen LogP contribution in [0.4, 0.5) is 13.6 Å². The van der Waals surface area contributed by atoms with Crippen molar-refractivity contribution in [3.05, 3.63) is 34.9 Å². The van der Waals surface area contributed by atoms with Gasteiger partial charge in [0.2, 0.25) is 0 Å². The van der Waals surface area contributed by atoms with Crippen LogP contribution in [0, 0.1) is 11.6 Å². The van der Waals surface area contributed by atoms with Crippen molar-refractivity contribution >= 4 is 12.1 Å². The fraction of sp³-hybridized carbons (Fsp3) is 0.429. The number of hydrogen-bond acceptors (Lipinski definition) is 4. The van der Waals surface area contributed by atoms with Gasteiger partial charge in [-0.05, 0) is 26.8 Å². The van der Waals surface area contributed by atoms with Gasteiger partial charge in [-0.3, -0.25) is 0 Å². The highest BCUT2D eigenvalue weighted by atomic mass is 19.2. The first-order valence-electron chi connectivity index (χ1n) is 6.17. The molecule has 7 heteroatoms. The van der Waals surface area contributed by atoms with E-state index >= 15 is 0 Å². The smallest absolute Gasteiger partial charge is 0.407 e. The number of carbonyl (C=O) groups is 2. The summed E-state index contributed by atoms with van der Waals surface area (Å²) < 4.78 is 36.7. The predicted octanol–water partition coefficient (Wildman–Crippen LogP) is 2.78. The van der Waals surface area contributed by atoms with Gasteiger partial charge in [0.25, 0.3) is 0 Å². The molecule has 0 aromatic heterocycles. The van der Waals surface area contributed by atoms with E-state index < -0.39 is 34.9 Å². The number of hydrogen-bond donors (Lipinski definition) is 1. The summed E-state index contributed by atoms with van der Waals surface area (Å²) in [5, 5.41) is 2.30. The molecular formula is C14H17F2NO4. The fourth-order valence-electron chi connectivity index (χ4n) is 1.48. The number of halogens is 2. The molecule has 1 aromatic rings. The SMILES string of the molecule is COC(=O)c1ccc(CNC(=O)OC(C)(C)C)c(F)c1F. The predicted molar refractivity (Wildman–Crippen MR) is 70.8 cm³/mol. The van der Waals surface area contributed by atoms with Crippen LogP contribution in [-0.4, -0.2) is 24.8 Å². The summed E-state index contributed by atoms with van der Waals surface area (Å²) in [5.74, 6) is -3.50. The minimum atomic E-state index is -1.31. The maximum absolute atomic E-state index is 13.8. The van der Waals surface area contributed by atoms with Crippen LogP contribution in [0.3, 0.4) is 0 Å². The van der Waals surface area contributed by atoms with Crippen LogP contribution >= 0.6 is 0 Å². The van der Waals surface area contributed by atoms with Gasteiger partial charge in [0.05, 0.1) is 12.7 Å². The Hall–Kier alpha value is -2.18. The lowest BCUT2D eigenvalue weighted by atomic mass is 10.1. The van der Waals surface area contributed by atoms with Crippen molar-refractivity contribution in [2.75, 3.05) is 7.11 Å². The Balaban J connectivity index is 2.80. The molecular weight excluding hydrogens is 284 g/mol. The normalized spacial score (nSPS) is 11.0. The largest absolute Gasteiger partial charge is 0.465 e. The zero-order valence-corrected chi connectivity index (χ0v) is 12.3. The Morgan fingerprint density at radius 3 is 2.33 bits per heavy atom. The quantitative estimate of drug-likeness (QED) is 0.872. The summed E-state index contributed by atoms with van der Waals surface area (Å²) in [6, 6.07) is 2.29. The number of benzene rings is 1. The Bertz CT molecular complexity index is 553. The zero-order chi connectivity index (χ0) is 16.2. The van der Waals surface area contributed by atoms with E-state index in [9.17, 15) is 18.4 Å². The highest BCUT2D eigenvalue weighted by Gasteiger charge is 2.20. The molecule has 0 radical (unpaired) electrons. The van der Waals surface area contributed by atoms with E-state index in [2.05, 4.69) is 10.1 Å². The lowest BCUT2D eigenvalue weighted by Gasteiger charge is -2.19. The molecule has 0 heterocycles. The van der Waals surface area contributed by atoms with Crippen molar-refractivity contribution in [3.63, 3.8) is 0 Å². The highest BCUT2D eigenvalue weighted by Crippen LogP contribution is 2.17. The summed E-state index contributed by atoms with van der Waals surface area (Å²) in [4.78, 5) is 22.6. The summed E-state index contributed by atoms with van der Waals surface area (Å²) in [6.07, 6.45) is -0.751. The van der Waals surface area contributed by atoms with Gasteiger partial charge in [-0.15, -0.1) is 0 Å². The van der Waals surface area contributed by atoms with Gasteiger partial charge in [0.1, 0.15) is 5.60 Å². The molecule has 1 N–H and O–H groups in total. The van der Waals surface area contributed by atoms with E-state index in [-0.39, 0.29) is 12.1 Å². The van der Waals surface area contributed by atoms with Gasteiger partial charge in [0.15, 0.2) is 11.6 Å². The molecule has 21 heavy (non-hydrogen) atoms. The van der Waals surface area contributed by atoms with Gasteiger partial charge < -0.3 is 14.8 Å². The second-order valence-corrected chi connectivity index (χ2v) is 5.25. The van der Waals surface area contributed by atoms with Gasteiger partial charge >= 0.3 is 12.1 Å². The summed E-state index contributed by atoms with van der Waals surface area (Å²) in [7, 11) is 1.07. The second-order valence-electron chi connectivity index (χ2n) is 5.25. The molecule has 0 unspecified atom stereocenters. The summed E-state index contributed by atoms with van der Waals surface area (Å²) in [5.41, 5.74) is -1.30. The van der Waals surface area contributed by atoms with Gasteiger partial charge in [-0.2, -0.15) is 0 Å². The molecule has 0 saturated carbocycles. The van der Waals surface area contributed by atoms with E-state index in [1.165, 1.54) is 6.07 Å². The monoisotopic (exact) mass is 301 g/mol. The second kappa shape index (κ2) is 6.51. The average Bonchev–Trinajstić information content (AvgIpc) is 2.37. The Morgan fingerprint density at radius 2 is 1.81 bits per heavy atom. The third-order valence-electron chi connectivity index (χ3n) is 2.39. The van der Waals surface area contributed by atoms with Gasteiger partial charge in [-0.1, -0.05) is 6.07 Å². The molecule has 0 atom stereocenters. The summed E-state index contributed by atoms with van der Waals surface area (Å²) >= 11 is 0. The maximum atomic E-state index is 13.8. The molecule has 1 amide bonds. The first-order valence-corrected chi connectivity index (χ1v) is 6.17. The molecule has 1 rings (SSSR count). The van der Waals surface area contributed by atoms with Crippen LogP contribution in [0.25, 0.3) is 0 Å². The minimum Gasteiger partial charge on any atom is -0.465 e. The first-order chi connectivity index (χ1) is 9.65. The molecule has 5 nitrogen and oxygen atoms in total. The van der Waals surface area contributed by atoms with Crippen LogP contribution in [0.15, 0.2) is 12.1 Å². The van der Waals surface area contributed by atoms with Crippen LogP contribution in [0.1, 0.15) is 36.7 Å². The van der Waals surface area contributed by atoms with Crippen LogP contribution in [-0.2, 0) is 16.0 Å². The number of alkyl carbamates (subject to hydrolysis) is 1. The lowest BCUT2D eigenvalue weighted by molar-refractivity contribution is 0.0520. The third-order valence-corrected chi connectivity index (χ3v) is 2.39. The van der Waals surface area contributed by atoms with Crippen molar-refractivity contribution in [2.45, 2.75) is 32.9 Å². The van der Waals surface area contributed by atoms with Crippen molar-refractivity contribution in [1.82, 2.24) is 5.32 Å². The van der Waals surface area contributed by atoms with Crippen LogP contribution in [0.5, 0.6) is 0 Å². The zero-order valence-electron chi connectivity index (χ0n) is 12.3. The van der Waals surface area contributed by atoms with Gasteiger partial charge in [-0.25, -0.2) is 18.4 Å². The van der Waals surface area contributed by atoms with E-state index in [4.69, 9.17) is 4.74 Å². The molecule has 0 bridgehead atoms. The average molecular weight is 301 g/mol. The first kappa shape index (κ1) is 16.9. The third kappa shape index (κ3) is 4.70. The Labute approximate surface area is 121 Å². The number of carbonyl (C=O) groups excluding carboxylic acids is 2. The number of amides is 1. The van der Waals surface area contributed by atoms with Crippen molar-refractivity contribution < 1.29 is 27.8 Å². The number of rotatable bonds is 3. The molecule has 116 valence electrons. The van der Waals surface area contributed by atoms with E-state index in [1.54, 1.807) is 20.8 Å².